The Balaban J connectivity index is 2.38. The predicted molar refractivity (Wildman–Crippen MR) is 64.6 cm³/mol. The SMILES string of the molecule is Cc1cccc(N)c1Sc1nccc(=O)[nH]1. The predicted octanol–water partition coefficient (Wildman–Crippen LogP) is 1.81. The monoisotopic (exact) mass is 233 g/mol. The van der Waals surface area contributed by atoms with Gasteiger partial charge in [-0.15, -0.1) is 0 Å². The molecule has 0 aliphatic carbocycles. The van der Waals surface area contributed by atoms with Crippen LogP contribution in [0.25, 0.3) is 0 Å². The smallest absolute Gasteiger partial charge is 0.251 e. The highest BCUT2D eigenvalue weighted by atomic mass is 32.2. The van der Waals surface area contributed by atoms with Crippen molar-refractivity contribution in [3.8, 4) is 0 Å². The zero-order chi connectivity index (χ0) is 11.5. The van der Waals surface area contributed by atoms with Crippen LogP contribution in [0.3, 0.4) is 0 Å². The first kappa shape index (κ1) is 10.8. The lowest BCUT2D eigenvalue weighted by Gasteiger charge is -2.07. The molecule has 0 spiro atoms. The van der Waals surface area contributed by atoms with Crippen molar-refractivity contribution in [3.05, 3.63) is 46.4 Å². The maximum absolute atomic E-state index is 11.1. The lowest BCUT2D eigenvalue weighted by molar-refractivity contribution is 0.936. The van der Waals surface area contributed by atoms with Crippen LogP contribution in [0.15, 0.2) is 45.3 Å². The number of nitrogens with two attached hydrogens (primary N) is 1. The fourth-order valence-electron chi connectivity index (χ4n) is 1.32. The van der Waals surface area contributed by atoms with Crippen LogP contribution in [0.2, 0.25) is 0 Å². The zero-order valence-corrected chi connectivity index (χ0v) is 9.54. The van der Waals surface area contributed by atoms with Crippen LogP contribution in [-0.4, -0.2) is 9.97 Å². The number of aromatic amines is 1. The van der Waals surface area contributed by atoms with E-state index in [9.17, 15) is 4.79 Å². The molecule has 3 N–H and O–H groups in total. The molecular weight excluding hydrogens is 222 g/mol. The van der Waals surface area contributed by atoms with Crippen molar-refractivity contribution in [2.24, 2.45) is 0 Å². The second-order valence-corrected chi connectivity index (χ2v) is 4.33. The molecule has 0 radical (unpaired) electrons. The highest BCUT2D eigenvalue weighted by molar-refractivity contribution is 7.99. The first-order valence-electron chi connectivity index (χ1n) is 4.75. The van der Waals surface area contributed by atoms with Gasteiger partial charge in [0.05, 0.1) is 0 Å². The third-order valence-electron chi connectivity index (χ3n) is 2.09. The fourth-order valence-corrected chi connectivity index (χ4v) is 2.19. The molecular formula is C11H11N3OS. The number of H-pyrrole nitrogens is 1. The Labute approximate surface area is 96.9 Å². The summed E-state index contributed by atoms with van der Waals surface area (Å²) in [7, 11) is 0. The van der Waals surface area contributed by atoms with E-state index in [0.29, 0.717) is 10.8 Å². The van der Waals surface area contributed by atoms with E-state index in [-0.39, 0.29) is 5.56 Å². The first-order valence-corrected chi connectivity index (χ1v) is 5.57. The first-order chi connectivity index (χ1) is 7.66. The Morgan fingerprint density at radius 3 is 2.88 bits per heavy atom. The van der Waals surface area contributed by atoms with E-state index in [0.717, 1.165) is 10.5 Å². The average molecular weight is 233 g/mol. The molecule has 1 aromatic carbocycles. The van der Waals surface area contributed by atoms with Gasteiger partial charge in [0.15, 0.2) is 5.16 Å². The highest BCUT2D eigenvalue weighted by Crippen LogP contribution is 2.31. The topological polar surface area (TPSA) is 71.8 Å². The van der Waals surface area contributed by atoms with Gasteiger partial charge in [-0.25, -0.2) is 4.98 Å². The normalized spacial score (nSPS) is 10.3. The number of aryl methyl sites for hydroxylation is 1. The van der Waals surface area contributed by atoms with E-state index in [4.69, 9.17) is 5.73 Å². The lowest BCUT2D eigenvalue weighted by Crippen LogP contribution is -2.05. The van der Waals surface area contributed by atoms with Crippen molar-refractivity contribution in [3.63, 3.8) is 0 Å². The highest BCUT2D eigenvalue weighted by Gasteiger charge is 2.06. The number of nitrogen functional groups attached to an aromatic ring is 1. The van der Waals surface area contributed by atoms with Crippen molar-refractivity contribution in [1.29, 1.82) is 0 Å². The number of nitrogens with zero attached hydrogens (tertiary/aromatic N) is 1. The molecule has 0 fully saturated rings. The number of hydrogen-bond acceptors (Lipinski definition) is 4. The number of aromatic nitrogens is 2. The molecule has 0 bridgehead atoms. The third kappa shape index (κ3) is 2.25. The molecule has 0 aliphatic heterocycles. The lowest BCUT2D eigenvalue weighted by atomic mass is 10.2. The molecule has 0 unspecified atom stereocenters. The van der Waals surface area contributed by atoms with E-state index in [2.05, 4.69) is 9.97 Å². The molecule has 1 heterocycles. The van der Waals surface area contributed by atoms with Crippen molar-refractivity contribution in [2.45, 2.75) is 17.0 Å². The number of anilines is 1. The maximum atomic E-state index is 11.1. The Kier molecular flexibility index (Phi) is 2.96. The molecule has 4 nitrogen and oxygen atoms in total. The number of nitrogens with one attached hydrogen (secondary N) is 1. The summed E-state index contributed by atoms with van der Waals surface area (Å²) in [6.45, 7) is 1.97. The second-order valence-electron chi connectivity index (χ2n) is 3.33. The summed E-state index contributed by atoms with van der Waals surface area (Å²) in [6.07, 6.45) is 1.48. The second kappa shape index (κ2) is 4.40. The van der Waals surface area contributed by atoms with Crippen molar-refractivity contribution >= 4 is 17.4 Å². The Bertz CT molecular complexity index is 545. The van der Waals surface area contributed by atoms with Crippen molar-refractivity contribution in [1.82, 2.24) is 9.97 Å². The van der Waals surface area contributed by atoms with Gasteiger partial charge in [-0.05, 0) is 30.3 Å². The van der Waals surface area contributed by atoms with Gasteiger partial charge >= 0.3 is 0 Å². The largest absolute Gasteiger partial charge is 0.398 e. The minimum Gasteiger partial charge on any atom is -0.398 e. The minimum atomic E-state index is -0.162. The molecule has 0 atom stereocenters. The van der Waals surface area contributed by atoms with Gasteiger partial charge < -0.3 is 10.7 Å². The maximum Gasteiger partial charge on any atom is 0.251 e. The summed E-state index contributed by atoms with van der Waals surface area (Å²) < 4.78 is 0. The van der Waals surface area contributed by atoms with Gasteiger partial charge in [0.1, 0.15) is 0 Å². The van der Waals surface area contributed by atoms with E-state index in [1.54, 1.807) is 0 Å². The van der Waals surface area contributed by atoms with Crippen LogP contribution >= 0.6 is 11.8 Å². The summed E-state index contributed by atoms with van der Waals surface area (Å²) in [5, 5.41) is 0.550. The van der Waals surface area contributed by atoms with E-state index in [1.807, 2.05) is 25.1 Å². The summed E-state index contributed by atoms with van der Waals surface area (Å²) >= 11 is 1.36. The van der Waals surface area contributed by atoms with E-state index < -0.39 is 0 Å². The van der Waals surface area contributed by atoms with Gasteiger partial charge in [0.25, 0.3) is 5.56 Å². The summed E-state index contributed by atoms with van der Waals surface area (Å²) in [6, 6.07) is 7.08. The number of benzene rings is 1. The Hall–Kier alpha value is -1.75. The van der Waals surface area contributed by atoms with Crippen LogP contribution in [0.1, 0.15) is 5.56 Å². The van der Waals surface area contributed by atoms with Crippen LogP contribution in [0.4, 0.5) is 5.69 Å². The van der Waals surface area contributed by atoms with Gasteiger partial charge in [-0.1, -0.05) is 12.1 Å². The molecule has 0 saturated heterocycles. The van der Waals surface area contributed by atoms with Gasteiger partial charge in [-0.3, -0.25) is 4.79 Å². The quantitative estimate of drug-likeness (QED) is 0.613. The van der Waals surface area contributed by atoms with Crippen LogP contribution < -0.4 is 11.3 Å². The molecule has 16 heavy (non-hydrogen) atoms. The average Bonchev–Trinajstić information content (AvgIpc) is 2.24. The van der Waals surface area contributed by atoms with E-state index in [1.165, 1.54) is 24.0 Å². The number of rotatable bonds is 2. The third-order valence-corrected chi connectivity index (χ3v) is 3.25. The summed E-state index contributed by atoms with van der Waals surface area (Å²) in [5.41, 5.74) is 7.46. The van der Waals surface area contributed by atoms with Crippen molar-refractivity contribution < 1.29 is 0 Å². The van der Waals surface area contributed by atoms with E-state index >= 15 is 0 Å². The molecule has 5 heteroatoms. The number of hydrogen-bond donors (Lipinski definition) is 2. The zero-order valence-electron chi connectivity index (χ0n) is 8.73. The Morgan fingerprint density at radius 2 is 2.19 bits per heavy atom. The summed E-state index contributed by atoms with van der Waals surface area (Å²) in [5.74, 6) is 0. The standard InChI is InChI=1S/C11H11N3OS/c1-7-3-2-4-8(12)10(7)16-11-13-6-5-9(15)14-11/h2-6H,12H2,1H3,(H,13,14,15). The molecule has 82 valence electrons. The molecule has 2 rings (SSSR count). The van der Waals surface area contributed by atoms with Gasteiger partial charge in [-0.2, -0.15) is 0 Å². The van der Waals surface area contributed by atoms with Crippen molar-refractivity contribution in [2.75, 3.05) is 5.73 Å². The molecule has 2 aromatic rings. The summed E-state index contributed by atoms with van der Waals surface area (Å²) in [4.78, 5) is 18.8. The van der Waals surface area contributed by atoms with Gasteiger partial charge in [0, 0.05) is 22.8 Å². The molecule has 0 aliphatic rings. The Morgan fingerprint density at radius 1 is 1.38 bits per heavy atom. The minimum absolute atomic E-state index is 0.162. The molecule has 0 saturated carbocycles. The van der Waals surface area contributed by atoms with Crippen LogP contribution in [-0.2, 0) is 0 Å². The van der Waals surface area contributed by atoms with Crippen LogP contribution in [0, 0.1) is 6.92 Å². The van der Waals surface area contributed by atoms with Gasteiger partial charge in [0.2, 0.25) is 0 Å². The fraction of sp³-hybridized carbons (Fsp3) is 0.0909. The molecule has 0 amide bonds. The van der Waals surface area contributed by atoms with Crippen LogP contribution in [0.5, 0.6) is 0 Å². The molecule has 1 aromatic heterocycles.